The van der Waals surface area contributed by atoms with E-state index >= 15 is 0 Å². The minimum atomic E-state index is -3.00. The van der Waals surface area contributed by atoms with E-state index in [0.29, 0.717) is 0 Å². The fraction of sp³-hybridized carbons (Fsp3) is 0.154. The number of halogens is 2. The van der Waals surface area contributed by atoms with Crippen molar-refractivity contribution in [1.82, 2.24) is 0 Å². The van der Waals surface area contributed by atoms with E-state index in [4.69, 9.17) is 20.5 Å². The maximum Gasteiger partial charge on any atom is 0.387 e. The zero-order chi connectivity index (χ0) is 15.8. The molecule has 0 heterocycles. The van der Waals surface area contributed by atoms with Crippen LogP contribution >= 0.6 is 0 Å². The average Bonchev–Trinajstić information content (AvgIpc) is 2.48. The molecule has 1 N–H and O–H groups in total. The molecular formula is C13H8F2N4O2. The second kappa shape index (κ2) is 7.32. The van der Waals surface area contributed by atoms with Gasteiger partial charge in [0.25, 0.3) is 0 Å². The van der Waals surface area contributed by atoms with Gasteiger partial charge in [0, 0.05) is 11.8 Å². The zero-order valence-corrected chi connectivity index (χ0v) is 10.7. The zero-order valence-electron chi connectivity index (χ0n) is 10.7. The first kappa shape index (κ1) is 15.7. The van der Waals surface area contributed by atoms with E-state index < -0.39 is 12.2 Å². The Labute approximate surface area is 119 Å². The third kappa shape index (κ3) is 4.09. The molecule has 0 radical (unpaired) electrons. The third-order valence-corrected chi connectivity index (χ3v) is 2.23. The summed E-state index contributed by atoms with van der Waals surface area (Å²) in [6.45, 7) is -3.00. The molecule has 106 valence electrons. The molecule has 0 amide bonds. The number of anilines is 1. The van der Waals surface area contributed by atoms with Gasteiger partial charge < -0.3 is 14.8 Å². The summed E-state index contributed by atoms with van der Waals surface area (Å²) in [5, 5.41) is 28.8. The summed E-state index contributed by atoms with van der Waals surface area (Å²) in [6.07, 6.45) is 0. The molecule has 0 atom stereocenters. The Morgan fingerprint density at radius 3 is 2.29 bits per heavy atom. The third-order valence-electron chi connectivity index (χ3n) is 2.23. The van der Waals surface area contributed by atoms with Crippen molar-refractivity contribution in [2.75, 3.05) is 12.4 Å². The summed E-state index contributed by atoms with van der Waals surface area (Å²) in [4.78, 5) is 0. The Morgan fingerprint density at radius 2 is 1.81 bits per heavy atom. The lowest BCUT2D eigenvalue weighted by Crippen LogP contribution is -2.05. The van der Waals surface area contributed by atoms with Crippen LogP contribution < -0.4 is 14.8 Å². The molecule has 0 aliphatic rings. The van der Waals surface area contributed by atoms with Crippen LogP contribution in [0.25, 0.3) is 0 Å². The molecule has 1 aromatic carbocycles. The van der Waals surface area contributed by atoms with Gasteiger partial charge in [-0.2, -0.15) is 24.6 Å². The maximum absolute atomic E-state index is 12.2. The Kier molecular flexibility index (Phi) is 5.49. The Balaban J connectivity index is 3.13. The van der Waals surface area contributed by atoms with Crippen LogP contribution in [-0.4, -0.2) is 13.7 Å². The van der Waals surface area contributed by atoms with Gasteiger partial charge in [-0.05, 0) is 12.1 Å². The normalized spacial score (nSPS) is 9.00. The first-order valence-electron chi connectivity index (χ1n) is 5.40. The molecule has 0 spiro atoms. The minimum Gasteiger partial charge on any atom is -0.493 e. The molecule has 0 aliphatic carbocycles. The van der Waals surface area contributed by atoms with Crippen LogP contribution in [0.15, 0.2) is 29.5 Å². The Morgan fingerprint density at radius 1 is 1.14 bits per heavy atom. The van der Waals surface area contributed by atoms with E-state index in [-0.39, 0.29) is 22.9 Å². The van der Waals surface area contributed by atoms with Crippen LogP contribution in [0.3, 0.4) is 0 Å². The number of methoxy groups -OCH3 is 1. The van der Waals surface area contributed by atoms with Gasteiger partial charge in [0.2, 0.25) is 0 Å². The van der Waals surface area contributed by atoms with Crippen molar-refractivity contribution in [2.45, 2.75) is 6.61 Å². The number of allylic oxidation sites excluding steroid dienone is 2. The summed E-state index contributed by atoms with van der Waals surface area (Å²) in [7, 11) is 1.26. The van der Waals surface area contributed by atoms with E-state index in [0.717, 1.165) is 0 Å². The van der Waals surface area contributed by atoms with Gasteiger partial charge >= 0.3 is 6.61 Å². The quantitative estimate of drug-likeness (QED) is 0.836. The highest BCUT2D eigenvalue weighted by molar-refractivity contribution is 5.62. The van der Waals surface area contributed by atoms with Gasteiger partial charge in [-0.3, -0.25) is 0 Å². The highest BCUT2D eigenvalue weighted by Crippen LogP contribution is 2.31. The molecule has 0 fully saturated rings. The first-order chi connectivity index (χ1) is 10.0. The van der Waals surface area contributed by atoms with Gasteiger partial charge in [-0.1, -0.05) is 0 Å². The smallest absolute Gasteiger partial charge is 0.387 e. The largest absolute Gasteiger partial charge is 0.493 e. The van der Waals surface area contributed by atoms with Crippen molar-refractivity contribution in [3.05, 3.63) is 29.5 Å². The van der Waals surface area contributed by atoms with Crippen LogP contribution in [0, 0.1) is 34.0 Å². The molecule has 0 aromatic heterocycles. The average molecular weight is 290 g/mol. The number of nitriles is 3. The molecule has 1 rings (SSSR count). The monoisotopic (exact) mass is 290 g/mol. The molecular weight excluding hydrogens is 282 g/mol. The van der Waals surface area contributed by atoms with Crippen LogP contribution in [0.5, 0.6) is 11.5 Å². The maximum atomic E-state index is 12.2. The molecule has 0 bridgehead atoms. The number of nitrogens with one attached hydrogen (secondary N) is 1. The van der Waals surface area contributed by atoms with Crippen molar-refractivity contribution in [1.29, 1.82) is 15.8 Å². The Bertz CT molecular complexity index is 665. The van der Waals surface area contributed by atoms with Crippen molar-refractivity contribution >= 4 is 5.69 Å². The number of ether oxygens (including phenoxy) is 2. The number of alkyl halides is 2. The van der Waals surface area contributed by atoms with Crippen molar-refractivity contribution < 1.29 is 18.3 Å². The molecule has 0 saturated heterocycles. The van der Waals surface area contributed by atoms with Gasteiger partial charge in [0.1, 0.15) is 23.9 Å². The summed E-state index contributed by atoms with van der Waals surface area (Å²) in [5.74, 6) is -0.172. The molecule has 21 heavy (non-hydrogen) atoms. The molecule has 8 heteroatoms. The van der Waals surface area contributed by atoms with E-state index in [1.54, 1.807) is 18.2 Å². The SMILES string of the molecule is COc1cc(NC(C#N)=C(C#N)C#N)ccc1OC(F)F. The minimum absolute atomic E-state index is 0.00746. The fourth-order valence-corrected chi connectivity index (χ4v) is 1.37. The topological polar surface area (TPSA) is 102 Å². The van der Waals surface area contributed by atoms with Crippen LogP contribution in [-0.2, 0) is 0 Å². The van der Waals surface area contributed by atoms with Gasteiger partial charge in [0.05, 0.1) is 7.11 Å². The number of nitrogens with zero attached hydrogens (tertiary/aromatic N) is 3. The molecule has 1 aromatic rings. The van der Waals surface area contributed by atoms with E-state index in [1.807, 2.05) is 0 Å². The van der Waals surface area contributed by atoms with Gasteiger partial charge in [-0.25, -0.2) is 0 Å². The van der Waals surface area contributed by atoms with E-state index in [9.17, 15) is 8.78 Å². The molecule has 0 aliphatic heterocycles. The number of benzene rings is 1. The molecule has 0 saturated carbocycles. The highest BCUT2D eigenvalue weighted by atomic mass is 19.3. The van der Waals surface area contributed by atoms with Crippen LogP contribution in [0.2, 0.25) is 0 Å². The molecule has 6 nitrogen and oxygen atoms in total. The standard InChI is InChI=1S/C13H8F2N4O2/c1-20-12-4-9(2-3-11(12)21-13(14)15)19-10(7-18)8(5-16)6-17/h2-4,13,19H,1H3. The predicted octanol–water partition coefficient (Wildman–Crippen LogP) is 2.53. The predicted molar refractivity (Wildman–Crippen MR) is 67.1 cm³/mol. The lowest BCUT2D eigenvalue weighted by Gasteiger charge is -2.12. The van der Waals surface area contributed by atoms with E-state index in [2.05, 4.69) is 10.1 Å². The van der Waals surface area contributed by atoms with Crippen LogP contribution in [0.1, 0.15) is 0 Å². The van der Waals surface area contributed by atoms with Gasteiger partial charge in [0.15, 0.2) is 17.1 Å². The van der Waals surface area contributed by atoms with Crippen LogP contribution in [0.4, 0.5) is 14.5 Å². The number of rotatable bonds is 5. The summed E-state index contributed by atoms with van der Waals surface area (Å²) >= 11 is 0. The van der Waals surface area contributed by atoms with Crippen molar-refractivity contribution in [3.63, 3.8) is 0 Å². The highest BCUT2D eigenvalue weighted by Gasteiger charge is 2.12. The second-order valence-corrected chi connectivity index (χ2v) is 3.45. The first-order valence-corrected chi connectivity index (χ1v) is 5.40. The van der Waals surface area contributed by atoms with Crippen molar-refractivity contribution in [3.8, 4) is 29.7 Å². The summed E-state index contributed by atoms with van der Waals surface area (Å²) in [6, 6.07) is 8.64. The fourth-order valence-electron chi connectivity index (χ4n) is 1.37. The number of hydrogen-bond acceptors (Lipinski definition) is 6. The number of hydrogen-bond donors (Lipinski definition) is 1. The molecule has 0 unspecified atom stereocenters. The lowest BCUT2D eigenvalue weighted by molar-refractivity contribution is -0.0512. The summed E-state index contributed by atoms with van der Waals surface area (Å²) < 4.78 is 33.5. The Hall–Kier alpha value is -3.31. The van der Waals surface area contributed by atoms with Gasteiger partial charge in [-0.15, -0.1) is 0 Å². The van der Waals surface area contributed by atoms with Crippen molar-refractivity contribution in [2.24, 2.45) is 0 Å². The summed E-state index contributed by atoms with van der Waals surface area (Å²) in [5.41, 5.74) is -0.387. The van der Waals surface area contributed by atoms with E-state index in [1.165, 1.54) is 25.3 Å². The lowest BCUT2D eigenvalue weighted by atomic mass is 10.2. The second-order valence-electron chi connectivity index (χ2n) is 3.45.